The highest BCUT2D eigenvalue weighted by Gasteiger charge is 2.43. The van der Waals surface area contributed by atoms with E-state index in [-0.39, 0.29) is 6.04 Å². The van der Waals surface area contributed by atoms with Crippen molar-refractivity contribution in [1.29, 1.82) is 0 Å². The van der Waals surface area contributed by atoms with Gasteiger partial charge in [-0.3, -0.25) is 9.80 Å². The molecule has 0 bridgehead atoms. The van der Waals surface area contributed by atoms with Crippen LogP contribution in [0.15, 0.2) is 12.5 Å². The van der Waals surface area contributed by atoms with Crippen molar-refractivity contribution in [2.24, 2.45) is 0 Å². The number of aromatic nitrogens is 2. The number of fused-ring (bicyclic) bond motifs is 1. The van der Waals surface area contributed by atoms with Crippen molar-refractivity contribution in [3.05, 3.63) is 23.8 Å². The van der Waals surface area contributed by atoms with E-state index < -0.39 is 11.8 Å². The zero-order valence-corrected chi connectivity index (χ0v) is 13.7. The number of hydrogen-bond donors (Lipinski definition) is 1. The molecule has 0 aromatic carbocycles. The van der Waals surface area contributed by atoms with Gasteiger partial charge in [0.1, 0.15) is 12.1 Å². The quantitative estimate of drug-likeness (QED) is 0.910. The fourth-order valence-corrected chi connectivity index (χ4v) is 3.55. The minimum absolute atomic E-state index is 0.0529. The molecule has 3 rings (SSSR count). The molecule has 1 aromatic rings. The lowest BCUT2D eigenvalue weighted by Gasteiger charge is -2.32. The summed E-state index contributed by atoms with van der Waals surface area (Å²) in [6, 6.07) is -0.0529. The second-order valence-electron chi connectivity index (χ2n) is 6.73. The molecule has 1 aromatic heterocycles. The van der Waals surface area contributed by atoms with Crippen LogP contribution in [0.25, 0.3) is 0 Å². The summed E-state index contributed by atoms with van der Waals surface area (Å²) in [5.41, 5.74) is 1.63. The molecule has 1 amide bonds. The Kier molecular flexibility index (Phi) is 4.50. The average molecular weight is 320 g/mol. The predicted octanol–water partition coefficient (Wildman–Crippen LogP) is 1.73. The van der Waals surface area contributed by atoms with Gasteiger partial charge in [-0.15, -0.1) is 0 Å². The fourth-order valence-electron chi connectivity index (χ4n) is 3.55. The lowest BCUT2D eigenvalue weighted by atomic mass is 10.1. The molecule has 1 fully saturated rings. The van der Waals surface area contributed by atoms with Gasteiger partial charge in [-0.25, -0.2) is 14.8 Å². The Bertz CT molecular complexity index is 578. The molecule has 1 N–H and O–H groups in total. The second-order valence-corrected chi connectivity index (χ2v) is 6.73. The summed E-state index contributed by atoms with van der Waals surface area (Å²) >= 11 is 0. The number of carbonyl (C=O) groups is 1. The standard InChI is InChI=1S/C16H24N4O3/c1-16(2)20(15(21)22)13(10-23-16)4-3-6-19-7-5-14-12(9-19)8-17-11-18-14/h8,11,13H,3-7,9-10H2,1-2H3,(H,21,22). The van der Waals surface area contributed by atoms with E-state index in [9.17, 15) is 9.90 Å². The van der Waals surface area contributed by atoms with Crippen LogP contribution >= 0.6 is 0 Å². The third kappa shape index (κ3) is 3.45. The predicted molar refractivity (Wildman–Crippen MR) is 83.9 cm³/mol. The molecule has 0 saturated carbocycles. The van der Waals surface area contributed by atoms with Gasteiger partial charge < -0.3 is 9.84 Å². The van der Waals surface area contributed by atoms with Crippen LogP contribution in [0.2, 0.25) is 0 Å². The van der Waals surface area contributed by atoms with E-state index in [0.717, 1.165) is 44.6 Å². The first-order chi connectivity index (χ1) is 11.0. The van der Waals surface area contributed by atoms with Gasteiger partial charge in [0.2, 0.25) is 0 Å². The molecule has 23 heavy (non-hydrogen) atoms. The SMILES string of the molecule is CC1(C)OCC(CCCN2CCc3ncncc3C2)N1C(=O)O. The Labute approximate surface area is 136 Å². The molecular formula is C16H24N4O3. The Balaban J connectivity index is 1.50. The summed E-state index contributed by atoms with van der Waals surface area (Å²) in [5, 5.41) is 9.40. The highest BCUT2D eigenvalue weighted by molar-refractivity contribution is 5.66. The van der Waals surface area contributed by atoms with Crippen molar-refractivity contribution in [3.63, 3.8) is 0 Å². The van der Waals surface area contributed by atoms with Gasteiger partial charge in [0.25, 0.3) is 0 Å². The smallest absolute Gasteiger partial charge is 0.409 e. The van der Waals surface area contributed by atoms with E-state index in [1.165, 1.54) is 10.5 Å². The Hall–Kier alpha value is -1.73. The van der Waals surface area contributed by atoms with Gasteiger partial charge in [-0.05, 0) is 33.2 Å². The van der Waals surface area contributed by atoms with Crippen LogP contribution in [-0.4, -0.2) is 62.4 Å². The van der Waals surface area contributed by atoms with Crippen LogP contribution in [0.5, 0.6) is 0 Å². The topological polar surface area (TPSA) is 78.8 Å². The van der Waals surface area contributed by atoms with E-state index in [4.69, 9.17) is 4.74 Å². The molecule has 1 saturated heterocycles. The minimum Gasteiger partial charge on any atom is -0.465 e. The summed E-state index contributed by atoms with van der Waals surface area (Å²) in [6.45, 7) is 6.94. The zero-order chi connectivity index (χ0) is 16.4. The first kappa shape index (κ1) is 16.1. The van der Waals surface area contributed by atoms with Crippen molar-refractivity contribution in [3.8, 4) is 0 Å². The second kappa shape index (κ2) is 6.41. The van der Waals surface area contributed by atoms with Crippen LogP contribution in [-0.2, 0) is 17.7 Å². The maximum Gasteiger partial charge on any atom is 0.409 e. The fraction of sp³-hybridized carbons (Fsp3) is 0.688. The molecule has 0 aliphatic carbocycles. The highest BCUT2D eigenvalue weighted by atomic mass is 16.5. The number of amides is 1. The van der Waals surface area contributed by atoms with Crippen LogP contribution in [0.4, 0.5) is 4.79 Å². The monoisotopic (exact) mass is 320 g/mol. The van der Waals surface area contributed by atoms with Gasteiger partial charge in [0.05, 0.1) is 12.6 Å². The first-order valence-electron chi connectivity index (χ1n) is 8.14. The van der Waals surface area contributed by atoms with E-state index in [1.54, 1.807) is 6.33 Å². The number of hydrogen-bond acceptors (Lipinski definition) is 5. The van der Waals surface area contributed by atoms with E-state index in [1.807, 2.05) is 20.0 Å². The molecule has 0 spiro atoms. The third-order valence-electron chi connectivity index (χ3n) is 4.73. The molecule has 1 atom stereocenters. The van der Waals surface area contributed by atoms with Crippen molar-refractivity contribution in [2.75, 3.05) is 19.7 Å². The highest BCUT2D eigenvalue weighted by Crippen LogP contribution is 2.29. The summed E-state index contributed by atoms with van der Waals surface area (Å²) in [5.74, 6) is 0. The number of carboxylic acid groups (broad SMARTS) is 1. The van der Waals surface area contributed by atoms with Gasteiger partial charge in [0, 0.05) is 37.0 Å². The summed E-state index contributed by atoms with van der Waals surface area (Å²) in [7, 11) is 0. The Morgan fingerprint density at radius 3 is 3.13 bits per heavy atom. The average Bonchev–Trinajstić information content (AvgIpc) is 2.82. The number of nitrogens with zero attached hydrogens (tertiary/aromatic N) is 4. The Morgan fingerprint density at radius 2 is 2.35 bits per heavy atom. The summed E-state index contributed by atoms with van der Waals surface area (Å²) in [4.78, 5) is 23.7. The zero-order valence-electron chi connectivity index (χ0n) is 13.7. The molecule has 7 nitrogen and oxygen atoms in total. The minimum atomic E-state index is -0.901. The summed E-state index contributed by atoms with van der Waals surface area (Å²) in [6.07, 6.45) is 5.34. The maximum absolute atomic E-state index is 11.5. The van der Waals surface area contributed by atoms with E-state index in [0.29, 0.717) is 6.61 Å². The van der Waals surface area contributed by atoms with Crippen molar-refractivity contribution in [2.45, 2.75) is 51.4 Å². The van der Waals surface area contributed by atoms with Gasteiger partial charge >= 0.3 is 6.09 Å². The van der Waals surface area contributed by atoms with Gasteiger partial charge in [-0.1, -0.05) is 0 Å². The third-order valence-corrected chi connectivity index (χ3v) is 4.73. The maximum atomic E-state index is 11.5. The molecule has 3 heterocycles. The summed E-state index contributed by atoms with van der Waals surface area (Å²) < 4.78 is 5.63. The van der Waals surface area contributed by atoms with E-state index >= 15 is 0 Å². The lowest BCUT2D eigenvalue weighted by molar-refractivity contribution is -0.0422. The van der Waals surface area contributed by atoms with Crippen molar-refractivity contribution < 1.29 is 14.6 Å². The molecule has 1 unspecified atom stereocenters. The van der Waals surface area contributed by atoms with Crippen LogP contribution in [0.3, 0.4) is 0 Å². The number of ether oxygens (including phenoxy) is 1. The largest absolute Gasteiger partial charge is 0.465 e. The van der Waals surface area contributed by atoms with Gasteiger partial charge in [0.15, 0.2) is 0 Å². The van der Waals surface area contributed by atoms with Gasteiger partial charge in [-0.2, -0.15) is 0 Å². The van der Waals surface area contributed by atoms with Crippen molar-refractivity contribution >= 4 is 6.09 Å². The number of rotatable bonds is 4. The van der Waals surface area contributed by atoms with Crippen LogP contribution < -0.4 is 0 Å². The van der Waals surface area contributed by atoms with Crippen molar-refractivity contribution in [1.82, 2.24) is 19.8 Å². The lowest BCUT2D eigenvalue weighted by Crippen LogP contribution is -2.47. The molecule has 2 aliphatic rings. The first-order valence-corrected chi connectivity index (χ1v) is 8.14. The normalized spacial score (nSPS) is 23.7. The van der Waals surface area contributed by atoms with Crippen LogP contribution in [0.1, 0.15) is 37.9 Å². The molecule has 2 aliphatic heterocycles. The van der Waals surface area contributed by atoms with Crippen LogP contribution in [0, 0.1) is 0 Å². The molecular weight excluding hydrogens is 296 g/mol. The molecule has 126 valence electrons. The van der Waals surface area contributed by atoms with E-state index in [2.05, 4.69) is 14.9 Å². The molecule has 0 radical (unpaired) electrons. The Morgan fingerprint density at radius 1 is 1.52 bits per heavy atom. The molecule has 7 heteroatoms.